The van der Waals surface area contributed by atoms with Gasteiger partial charge in [0.2, 0.25) is 5.91 Å². The van der Waals surface area contributed by atoms with E-state index in [1.807, 2.05) is 39.8 Å². The average Bonchev–Trinajstić information content (AvgIpc) is 2.59. The number of carbonyl (C=O) groups is 3. The molecule has 0 unspecified atom stereocenters. The van der Waals surface area contributed by atoms with E-state index in [-0.39, 0.29) is 24.2 Å². The number of esters is 1. The number of ketones is 1. The minimum Gasteiger partial charge on any atom is -0.454 e. The number of amides is 1. The first-order valence-corrected chi connectivity index (χ1v) is 8.93. The van der Waals surface area contributed by atoms with Gasteiger partial charge in [-0.3, -0.25) is 9.59 Å². The third-order valence-corrected chi connectivity index (χ3v) is 4.02. The number of benzene rings is 2. The Morgan fingerprint density at radius 2 is 1.67 bits per heavy atom. The number of carbonyl (C=O) groups excluding carboxylic acids is 3. The van der Waals surface area contributed by atoms with Gasteiger partial charge in [0, 0.05) is 17.7 Å². The molecule has 0 aromatic heterocycles. The van der Waals surface area contributed by atoms with Crippen LogP contribution >= 0.6 is 0 Å². The van der Waals surface area contributed by atoms with Gasteiger partial charge >= 0.3 is 5.97 Å². The standard InChI is InChI=1S/C22H25NO4/c1-14(2)11-21(25)23-18-8-6-17(7-9-18)20(24)13-27-22(26)19-10-5-15(3)12-16(19)4/h5-10,12,14H,11,13H2,1-4H3,(H,23,25). The fraction of sp³-hybridized carbons (Fsp3) is 0.318. The normalized spacial score (nSPS) is 10.6. The van der Waals surface area contributed by atoms with Crippen molar-refractivity contribution in [3.63, 3.8) is 0 Å². The Balaban J connectivity index is 1.92. The molecule has 1 N–H and O–H groups in total. The van der Waals surface area contributed by atoms with Crippen LogP contribution in [0.5, 0.6) is 0 Å². The number of nitrogens with one attached hydrogen (secondary N) is 1. The Labute approximate surface area is 159 Å². The number of rotatable bonds is 7. The van der Waals surface area contributed by atoms with Crippen molar-refractivity contribution in [2.75, 3.05) is 11.9 Å². The van der Waals surface area contributed by atoms with Gasteiger partial charge in [-0.1, -0.05) is 31.5 Å². The first-order chi connectivity index (χ1) is 12.8. The van der Waals surface area contributed by atoms with Crippen molar-refractivity contribution >= 4 is 23.3 Å². The lowest BCUT2D eigenvalue weighted by Crippen LogP contribution is -2.16. The van der Waals surface area contributed by atoms with Crippen molar-refractivity contribution in [3.05, 3.63) is 64.7 Å². The van der Waals surface area contributed by atoms with E-state index in [1.54, 1.807) is 30.3 Å². The summed E-state index contributed by atoms with van der Waals surface area (Å²) in [5, 5.41) is 2.79. The quantitative estimate of drug-likeness (QED) is 0.584. The molecule has 0 spiro atoms. The van der Waals surface area contributed by atoms with Crippen molar-refractivity contribution < 1.29 is 19.1 Å². The maximum atomic E-state index is 12.2. The summed E-state index contributed by atoms with van der Waals surface area (Å²) in [7, 11) is 0. The Bertz CT molecular complexity index is 838. The maximum Gasteiger partial charge on any atom is 0.338 e. The third-order valence-electron chi connectivity index (χ3n) is 4.02. The van der Waals surface area contributed by atoms with Gasteiger partial charge in [0.15, 0.2) is 12.4 Å². The van der Waals surface area contributed by atoms with Crippen LogP contribution in [0.4, 0.5) is 5.69 Å². The second-order valence-electron chi connectivity index (χ2n) is 7.04. The molecule has 0 saturated heterocycles. The van der Waals surface area contributed by atoms with E-state index < -0.39 is 5.97 Å². The highest BCUT2D eigenvalue weighted by atomic mass is 16.5. The van der Waals surface area contributed by atoms with Crippen molar-refractivity contribution in [2.24, 2.45) is 5.92 Å². The molecule has 0 fully saturated rings. The number of hydrogen-bond donors (Lipinski definition) is 1. The van der Waals surface area contributed by atoms with E-state index in [0.29, 0.717) is 23.2 Å². The van der Waals surface area contributed by atoms with Gasteiger partial charge in [-0.2, -0.15) is 0 Å². The molecule has 27 heavy (non-hydrogen) atoms. The van der Waals surface area contributed by atoms with Crippen LogP contribution in [0.15, 0.2) is 42.5 Å². The first-order valence-electron chi connectivity index (χ1n) is 8.93. The van der Waals surface area contributed by atoms with E-state index in [0.717, 1.165) is 11.1 Å². The summed E-state index contributed by atoms with van der Waals surface area (Å²) < 4.78 is 5.15. The molecule has 2 aromatic rings. The second-order valence-corrected chi connectivity index (χ2v) is 7.04. The van der Waals surface area contributed by atoms with Gasteiger partial charge in [-0.05, 0) is 55.7 Å². The average molecular weight is 367 g/mol. The fourth-order valence-electron chi connectivity index (χ4n) is 2.66. The topological polar surface area (TPSA) is 72.5 Å². The van der Waals surface area contributed by atoms with Crippen LogP contribution < -0.4 is 5.32 Å². The number of hydrogen-bond acceptors (Lipinski definition) is 4. The molecule has 0 heterocycles. The highest BCUT2D eigenvalue weighted by molar-refractivity contribution is 6.00. The number of anilines is 1. The van der Waals surface area contributed by atoms with Crippen molar-refractivity contribution in [1.82, 2.24) is 0 Å². The lowest BCUT2D eigenvalue weighted by atomic mass is 10.1. The van der Waals surface area contributed by atoms with Crippen molar-refractivity contribution in [3.8, 4) is 0 Å². The van der Waals surface area contributed by atoms with E-state index >= 15 is 0 Å². The molecule has 5 heteroatoms. The van der Waals surface area contributed by atoms with Gasteiger partial charge in [0.25, 0.3) is 0 Å². The number of Topliss-reactive ketones (excluding diaryl/α,β-unsaturated/α-hetero) is 1. The van der Waals surface area contributed by atoms with Crippen LogP contribution in [-0.4, -0.2) is 24.3 Å². The first kappa shape index (κ1) is 20.4. The van der Waals surface area contributed by atoms with Gasteiger partial charge in [0.1, 0.15) is 0 Å². The zero-order valence-electron chi connectivity index (χ0n) is 16.2. The Morgan fingerprint density at radius 1 is 1.00 bits per heavy atom. The van der Waals surface area contributed by atoms with Crippen LogP contribution in [0.2, 0.25) is 0 Å². The van der Waals surface area contributed by atoms with Gasteiger partial charge in [0.05, 0.1) is 5.56 Å². The summed E-state index contributed by atoms with van der Waals surface area (Å²) in [6.45, 7) is 7.39. The molecule has 2 aromatic carbocycles. The van der Waals surface area contributed by atoms with Crippen LogP contribution in [0.25, 0.3) is 0 Å². The van der Waals surface area contributed by atoms with Crippen LogP contribution in [0.3, 0.4) is 0 Å². The largest absolute Gasteiger partial charge is 0.454 e. The molecule has 0 atom stereocenters. The molecule has 1 amide bonds. The van der Waals surface area contributed by atoms with Crippen molar-refractivity contribution in [1.29, 1.82) is 0 Å². The summed E-state index contributed by atoms with van der Waals surface area (Å²) in [4.78, 5) is 36.2. The summed E-state index contributed by atoms with van der Waals surface area (Å²) in [6, 6.07) is 12.0. The van der Waals surface area contributed by atoms with Crippen LogP contribution in [0, 0.1) is 19.8 Å². The zero-order chi connectivity index (χ0) is 20.0. The molecular weight excluding hydrogens is 342 g/mol. The minimum absolute atomic E-state index is 0.0634. The maximum absolute atomic E-state index is 12.2. The Hall–Kier alpha value is -2.95. The fourth-order valence-corrected chi connectivity index (χ4v) is 2.66. The summed E-state index contributed by atoms with van der Waals surface area (Å²) >= 11 is 0. The van der Waals surface area contributed by atoms with Gasteiger partial charge < -0.3 is 10.1 Å². The van der Waals surface area contributed by atoms with Gasteiger partial charge in [-0.15, -0.1) is 0 Å². The summed E-state index contributed by atoms with van der Waals surface area (Å²) in [5.41, 5.74) is 3.38. The number of ether oxygens (including phenoxy) is 1. The molecule has 0 saturated carbocycles. The summed E-state index contributed by atoms with van der Waals surface area (Å²) in [5.74, 6) is -0.601. The van der Waals surface area contributed by atoms with E-state index in [1.165, 1.54) is 0 Å². The minimum atomic E-state index is -0.515. The second kappa shape index (κ2) is 9.12. The summed E-state index contributed by atoms with van der Waals surface area (Å²) in [6.07, 6.45) is 0.440. The predicted molar refractivity (Wildman–Crippen MR) is 105 cm³/mol. The lowest BCUT2D eigenvalue weighted by molar-refractivity contribution is -0.116. The SMILES string of the molecule is Cc1ccc(C(=O)OCC(=O)c2ccc(NC(=O)CC(C)C)cc2)c(C)c1. The Morgan fingerprint density at radius 3 is 2.26 bits per heavy atom. The highest BCUT2D eigenvalue weighted by Gasteiger charge is 2.14. The van der Waals surface area contributed by atoms with E-state index in [2.05, 4.69) is 5.32 Å². The molecule has 0 radical (unpaired) electrons. The van der Waals surface area contributed by atoms with Crippen LogP contribution in [0.1, 0.15) is 52.1 Å². The molecule has 0 aliphatic rings. The van der Waals surface area contributed by atoms with Crippen molar-refractivity contribution in [2.45, 2.75) is 34.1 Å². The predicted octanol–water partition coefficient (Wildman–Crippen LogP) is 4.33. The Kier molecular flexibility index (Phi) is 6.88. The smallest absolute Gasteiger partial charge is 0.338 e. The lowest BCUT2D eigenvalue weighted by Gasteiger charge is -2.09. The monoisotopic (exact) mass is 367 g/mol. The molecular formula is C22H25NO4. The molecule has 2 rings (SSSR count). The molecule has 0 bridgehead atoms. The van der Waals surface area contributed by atoms with E-state index in [4.69, 9.17) is 4.74 Å². The van der Waals surface area contributed by atoms with Gasteiger partial charge in [-0.25, -0.2) is 4.79 Å². The van der Waals surface area contributed by atoms with Crippen LogP contribution in [-0.2, 0) is 9.53 Å². The molecule has 142 valence electrons. The molecule has 0 aliphatic carbocycles. The molecule has 5 nitrogen and oxygen atoms in total. The zero-order valence-corrected chi connectivity index (χ0v) is 16.2. The number of aryl methyl sites for hydroxylation is 2. The molecule has 0 aliphatic heterocycles. The third kappa shape index (κ3) is 6.06. The van der Waals surface area contributed by atoms with E-state index in [9.17, 15) is 14.4 Å². The highest BCUT2D eigenvalue weighted by Crippen LogP contribution is 2.14.